The highest BCUT2D eigenvalue weighted by atomic mass is 14.9. The molecule has 0 aliphatic heterocycles. The number of hydrogen-bond donors (Lipinski definition) is 1. The van der Waals surface area contributed by atoms with Gasteiger partial charge in [0.05, 0.1) is 0 Å². The van der Waals surface area contributed by atoms with E-state index in [1.54, 1.807) is 19.3 Å². The van der Waals surface area contributed by atoms with Gasteiger partial charge in [-0.15, -0.1) is 0 Å². The average Bonchev–Trinajstić information content (AvgIpc) is 2.73. The van der Waals surface area contributed by atoms with E-state index < -0.39 is 0 Å². The Morgan fingerprint density at radius 3 is 2.38 bits per heavy atom. The summed E-state index contributed by atoms with van der Waals surface area (Å²) in [6, 6.07) is 0.864. The molecule has 0 spiro atoms. The van der Waals surface area contributed by atoms with E-state index in [9.17, 15) is 0 Å². The summed E-state index contributed by atoms with van der Waals surface area (Å²) < 4.78 is 0. The second kappa shape index (κ2) is 4.33. The lowest BCUT2D eigenvalue weighted by molar-refractivity contribution is 0.347. The Bertz CT molecular complexity index is 234. The van der Waals surface area contributed by atoms with Gasteiger partial charge in [0.15, 0.2) is 0 Å². The average molecular weight is 221 g/mol. The van der Waals surface area contributed by atoms with Crippen molar-refractivity contribution in [1.29, 1.82) is 0 Å². The predicted molar refractivity (Wildman–Crippen MR) is 68.3 cm³/mol. The van der Waals surface area contributed by atoms with E-state index in [1.165, 1.54) is 25.8 Å². The van der Waals surface area contributed by atoms with Crippen LogP contribution < -0.4 is 5.32 Å². The molecule has 92 valence electrons. The van der Waals surface area contributed by atoms with E-state index in [-0.39, 0.29) is 0 Å². The second-order valence-corrected chi connectivity index (χ2v) is 6.37. The molecule has 1 nitrogen and oxygen atoms in total. The summed E-state index contributed by atoms with van der Waals surface area (Å²) >= 11 is 0. The van der Waals surface area contributed by atoms with E-state index in [2.05, 4.69) is 19.2 Å². The highest BCUT2D eigenvalue weighted by Crippen LogP contribution is 2.70. The molecule has 5 atom stereocenters. The van der Waals surface area contributed by atoms with Gasteiger partial charge >= 0.3 is 0 Å². The molecule has 3 rings (SSSR count). The van der Waals surface area contributed by atoms with Crippen molar-refractivity contribution >= 4 is 0 Å². The van der Waals surface area contributed by atoms with Crippen LogP contribution in [-0.4, -0.2) is 12.6 Å². The molecule has 0 amide bonds. The van der Waals surface area contributed by atoms with Gasteiger partial charge in [-0.25, -0.2) is 0 Å². The van der Waals surface area contributed by atoms with E-state index in [1.807, 2.05) is 0 Å². The smallest absolute Gasteiger partial charge is 0.0101 e. The minimum atomic E-state index is 0.864. The van der Waals surface area contributed by atoms with Crippen molar-refractivity contribution in [2.75, 3.05) is 6.54 Å². The van der Waals surface area contributed by atoms with Gasteiger partial charge in [0.1, 0.15) is 0 Å². The highest BCUT2D eigenvalue weighted by molar-refractivity contribution is 5.15. The molecule has 0 saturated heterocycles. The summed E-state index contributed by atoms with van der Waals surface area (Å²) in [4.78, 5) is 0. The van der Waals surface area contributed by atoms with Crippen molar-refractivity contribution in [3.8, 4) is 0 Å². The van der Waals surface area contributed by atoms with E-state index >= 15 is 0 Å². The molecule has 16 heavy (non-hydrogen) atoms. The third kappa shape index (κ3) is 1.63. The lowest BCUT2D eigenvalue weighted by Gasteiger charge is -2.21. The molecule has 5 unspecified atom stereocenters. The van der Waals surface area contributed by atoms with E-state index in [0.29, 0.717) is 0 Å². The van der Waals surface area contributed by atoms with Crippen LogP contribution >= 0.6 is 0 Å². The Kier molecular flexibility index (Phi) is 2.99. The fourth-order valence-corrected chi connectivity index (χ4v) is 5.05. The maximum atomic E-state index is 3.78. The fourth-order valence-electron chi connectivity index (χ4n) is 5.05. The number of hydrogen-bond acceptors (Lipinski definition) is 1. The molecule has 0 aromatic heterocycles. The predicted octanol–water partition coefficient (Wildman–Crippen LogP) is 3.45. The number of nitrogens with one attached hydrogen (secondary N) is 1. The van der Waals surface area contributed by atoms with Crippen LogP contribution in [0.3, 0.4) is 0 Å². The van der Waals surface area contributed by atoms with Crippen LogP contribution in [0.2, 0.25) is 0 Å². The van der Waals surface area contributed by atoms with E-state index in [0.717, 1.165) is 35.6 Å². The summed E-state index contributed by atoms with van der Waals surface area (Å²) in [7, 11) is 0. The lowest BCUT2D eigenvalue weighted by atomic mass is 9.94. The zero-order valence-electron chi connectivity index (χ0n) is 10.9. The molecule has 3 aliphatic rings. The Hall–Kier alpha value is -0.0400. The molecular formula is C15H27N. The Labute approximate surface area is 100 Å². The summed E-state index contributed by atoms with van der Waals surface area (Å²) in [5.41, 5.74) is 0. The Morgan fingerprint density at radius 2 is 1.81 bits per heavy atom. The summed E-state index contributed by atoms with van der Waals surface area (Å²) in [5.74, 6) is 5.67. The van der Waals surface area contributed by atoms with Crippen molar-refractivity contribution in [2.24, 2.45) is 29.6 Å². The van der Waals surface area contributed by atoms with Crippen LogP contribution in [0.25, 0.3) is 0 Å². The lowest BCUT2D eigenvalue weighted by Crippen LogP contribution is -2.33. The molecule has 3 fully saturated rings. The maximum Gasteiger partial charge on any atom is 0.0101 e. The third-order valence-electron chi connectivity index (χ3n) is 5.59. The summed E-state index contributed by atoms with van der Waals surface area (Å²) in [5, 5.41) is 3.78. The summed E-state index contributed by atoms with van der Waals surface area (Å²) in [6.45, 7) is 5.76. The van der Waals surface area contributed by atoms with Gasteiger partial charge in [-0.1, -0.05) is 26.7 Å². The van der Waals surface area contributed by atoms with Crippen molar-refractivity contribution < 1.29 is 0 Å². The largest absolute Gasteiger partial charge is 0.314 e. The Morgan fingerprint density at radius 1 is 1.12 bits per heavy atom. The monoisotopic (exact) mass is 221 g/mol. The standard InChI is InChI=1S/C15H27N/c1-3-5-6-12(16-4-2)15-13-10-7-8-11(9-10)14(13)15/h10-16H,3-9H2,1-2H3. The topological polar surface area (TPSA) is 12.0 Å². The van der Waals surface area contributed by atoms with Gasteiger partial charge in [0.2, 0.25) is 0 Å². The minimum absolute atomic E-state index is 0.864. The third-order valence-corrected chi connectivity index (χ3v) is 5.59. The van der Waals surface area contributed by atoms with Crippen LogP contribution in [0.15, 0.2) is 0 Å². The molecule has 1 N–H and O–H groups in total. The zero-order valence-corrected chi connectivity index (χ0v) is 10.9. The van der Waals surface area contributed by atoms with Gasteiger partial charge in [0, 0.05) is 6.04 Å². The first-order valence-electron chi connectivity index (χ1n) is 7.60. The molecule has 0 aromatic rings. The first kappa shape index (κ1) is 11.1. The van der Waals surface area contributed by atoms with Crippen molar-refractivity contribution in [1.82, 2.24) is 5.32 Å². The van der Waals surface area contributed by atoms with Gasteiger partial charge in [-0.3, -0.25) is 0 Å². The molecule has 0 radical (unpaired) electrons. The second-order valence-electron chi connectivity index (χ2n) is 6.37. The molecule has 1 heteroatoms. The zero-order chi connectivity index (χ0) is 11.1. The molecule has 3 aliphatic carbocycles. The van der Waals surface area contributed by atoms with E-state index in [4.69, 9.17) is 0 Å². The molecule has 0 aromatic carbocycles. The van der Waals surface area contributed by atoms with Gasteiger partial charge in [-0.2, -0.15) is 0 Å². The normalized spacial score (nSPS) is 45.8. The molecule has 3 saturated carbocycles. The quantitative estimate of drug-likeness (QED) is 0.724. The molecular weight excluding hydrogens is 194 g/mol. The fraction of sp³-hybridized carbons (Fsp3) is 1.00. The SMILES string of the molecule is CCCCC(NCC)C1C2C3CCC(C3)C21. The number of unbranched alkanes of at least 4 members (excludes halogenated alkanes) is 1. The van der Waals surface area contributed by atoms with Crippen LogP contribution in [0.1, 0.15) is 52.4 Å². The Balaban J connectivity index is 1.59. The molecule has 2 bridgehead atoms. The maximum absolute atomic E-state index is 3.78. The van der Waals surface area contributed by atoms with Crippen molar-refractivity contribution in [3.63, 3.8) is 0 Å². The van der Waals surface area contributed by atoms with Crippen LogP contribution in [0.5, 0.6) is 0 Å². The first-order valence-corrected chi connectivity index (χ1v) is 7.60. The first-order chi connectivity index (χ1) is 7.86. The summed E-state index contributed by atoms with van der Waals surface area (Å²) in [6.07, 6.45) is 8.93. The van der Waals surface area contributed by atoms with Gasteiger partial charge in [-0.05, 0) is 61.8 Å². The van der Waals surface area contributed by atoms with Crippen LogP contribution in [-0.2, 0) is 0 Å². The van der Waals surface area contributed by atoms with Gasteiger partial charge < -0.3 is 5.32 Å². The molecule has 0 heterocycles. The minimum Gasteiger partial charge on any atom is -0.314 e. The van der Waals surface area contributed by atoms with Crippen molar-refractivity contribution in [3.05, 3.63) is 0 Å². The number of fused-ring (bicyclic) bond motifs is 5. The van der Waals surface area contributed by atoms with Crippen LogP contribution in [0.4, 0.5) is 0 Å². The van der Waals surface area contributed by atoms with Crippen molar-refractivity contribution in [2.45, 2.75) is 58.4 Å². The van der Waals surface area contributed by atoms with Gasteiger partial charge in [0.25, 0.3) is 0 Å². The highest BCUT2D eigenvalue weighted by Gasteiger charge is 2.66. The number of rotatable bonds is 6. The van der Waals surface area contributed by atoms with Crippen LogP contribution in [0, 0.1) is 29.6 Å².